The molecule has 9 heteroatoms. The van der Waals surface area contributed by atoms with Crippen molar-refractivity contribution in [1.82, 2.24) is 19.8 Å². The number of amides is 2. The van der Waals surface area contributed by atoms with E-state index in [1.54, 1.807) is 6.20 Å². The summed E-state index contributed by atoms with van der Waals surface area (Å²) in [5, 5.41) is 0.483. The summed E-state index contributed by atoms with van der Waals surface area (Å²) in [5.41, 5.74) is 0.760. The third kappa shape index (κ3) is 3.30. The quantitative estimate of drug-likeness (QED) is 0.714. The molecule has 0 bridgehead atoms. The molecule has 0 radical (unpaired) electrons. The van der Waals surface area contributed by atoms with Crippen LogP contribution in [-0.4, -0.2) is 76.1 Å². The number of anilines is 1. The first kappa shape index (κ1) is 19.0. The molecule has 0 N–H and O–H groups in total. The maximum atomic E-state index is 12.6. The molecule has 150 valence electrons. The molecule has 3 fully saturated rings. The smallest absolute Gasteiger partial charge is 0.410 e. The van der Waals surface area contributed by atoms with Gasteiger partial charge < -0.3 is 14.5 Å². The standard InChI is InChI=1S/C19H24ClN5O3/c1-3-4-12(2)18(26)23-6-5-13(8-23)25-15-9-24(10-16(15)28-19(25)27)17-14(20)7-21-11-22-17/h4,7,11,13,15-16H,3,5-6,8-10H2,1-2H3/b12-4+/t13?,15-,16+/m1/s1. The molecule has 0 aromatic carbocycles. The van der Waals surface area contributed by atoms with Crippen LogP contribution in [0, 0.1) is 0 Å². The Labute approximate surface area is 169 Å². The van der Waals surface area contributed by atoms with E-state index in [-0.39, 0.29) is 30.2 Å². The zero-order valence-corrected chi connectivity index (χ0v) is 16.8. The molecule has 0 aliphatic carbocycles. The second-order valence-corrected chi connectivity index (χ2v) is 7.89. The van der Waals surface area contributed by atoms with Crippen molar-refractivity contribution in [2.24, 2.45) is 0 Å². The van der Waals surface area contributed by atoms with Crippen molar-refractivity contribution < 1.29 is 14.3 Å². The van der Waals surface area contributed by atoms with E-state index in [4.69, 9.17) is 16.3 Å². The largest absolute Gasteiger partial charge is 0.442 e. The number of likely N-dealkylation sites (tertiary alicyclic amines) is 1. The van der Waals surface area contributed by atoms with E-state index >= 15 is 0 Å². The highest BCUT2D eigenvalue weighted by Gasteiger charge is 2.51. The van der Waals surface area contributed by atoms with Crippen LogP contribution in [-0.2, 0) is 9.53 Å². The van der Waals surface area contributed by atoms with Gasteiger partial charge in [-0.15, -0.1) is 0 Å². The lowest BCUT2D eigenvalue weighted by atomic mass is 10.1. The summed E-state index contributed by atoms with van der Waals surface area (Å²) in [6.07, 6.45) is 6.06. The molecule has 1 aromatic heterocycles. The molecule has 2 amide bonds. The Hall–Kier alpha value is -2.35. The van der Waals surface area contributed by atoms with Gasteiger partial charge in [-0.05, 0) is 19.8 Å². The number of ether oxygens (including phenoxy) is 1. The molecule has 28 heavy (non-hydrogen) atoms. The number of nitrogens with zero attached hydrogens (tertiary/aromatic N) is 5. The van der Waals surface area contributed by atoms with Crippen molar-refractivity contribution in [2.45, 2.75) is 44.9 Å². The van der Waals surface area contributed by atoms with E-state index < -0.39 is 0 Å². The number of fused-ring (bicyclic) bond motifs is 1. The molecular formula is C19H24ClN5O3. The lowest BCUT2D eigenvalue weighted by molar-refractivity contribution is -0.126. The van der Waals surface area contributed by atoms with Gasteiger partial charge in [0.2, 0.25) is 5.91 Å². The summed E-state index contributed by atoms with van der Waals surface area (Å²) in [4.78, 5) is 39.0. The van der Waals surface area contributed by atoms with Crippen molar-refractivity contribution >= 4 is 29.4 Å². The molecule has 1 unspecified atom stereocenters. The minimum Gasteiger partial charge on any atom is -0.442 e. The average Bonchev–Trinajstić information content (AvgIpc) is 3.36. The van der Waals surface area contributed by atoms with Gasteiger partial charge in [0.15, 0.2) is 5.82 Å². The zero-order valence-electron chi connectivity index (χ0n) is 16.0. The monoisotopic (exact) mass is 405 g/mol. The van der Waals surface area contributed by atoms with Gasteiger partial charge in [-0.1, -0.05) is 24.6 Å². The van der Waals surface area contributed by atoms with Crippen LogP contribution in [0.15, 0.2) is 24.2 Å². The average molecular weight is 406 g/mol. The molecule has 3 aliphatic rings. The fourth-order valence-corrected chi connectivity index (χ4v) is 4.62. The number of allylic oxidation sites excluding steroid dienone is 1. The third-order valence-electron chi connectivity index (χ3n) is 5.70. The van der Waals surface area contributed by atoms with Crippen molar-refractivity contribution in [3.63, 3.8) is 0 Å². The molecule has 3 aliphatic heterocycles. The van der Waals surface area contributed by atoms with Crippen LogP contribution in [0.25, 0.3) is 0 Å². The van der Waals surface area contributed by atoms with E-state index in [0.717, 1.165) is 18.4 Å². The lowest BCUT2D eigenvalue weighted by Gasteiger charge is -2.28. The van der Waals surface area contributed by atoms with E-state index in [9.17, 15) is 9.59 Å². The number of hydrogen-bond donors (Lipinski definition) is 0. The first-order valence-electron chi connectivity index (χ1n) is 9.65. The fourth-order valence-electron chi connectivity index (χ4n) is 4.39. The van der Waals surface area contributed by atoms with Crippen LogP contribution in [0.4, 0.5) is 10.6 Å². The summed E-state index contributed by atoms with van der Waals surface area (Å²) in [5.74, 6) is 0.708. The van der Waals surface area contributed by atoms with E-state index in [1.807, 2.05) is 34.6 Å². The highest BCUT2D eigenvalue weighted by molar-refractivity contribution is 6.32. The second-order valence-electron chi connectivity index (χ2n) is 7.49. The Morgan fingerprint density at radius 1 is 1.39 bits per heavy atom. The van der Waals surface area contributed by atoms with E-state index in [1.165, 1.54) is 6.33 Å². The van der Waals surface area contributed by atoms with Crippen LogP contribution in [0.5, 0.6) is 0 Å². The highest BCUT2D eigenvalue weighted by atomic mass is 35.5. The number of rotatable bonds is 4. The zero-order chi connectivity index (χ0) is 19.8. The molecule has 0 saturated carbocycles. The van der Waals surface area contributed by atoms with Crippen molar-refractivity contribution in [3.05, 3.63) is 29.2 Å². The lowest BCUT2D eigenvalue weighted by Crippen LogP contribution is -2.46. The summed E-state index contributed by atoms with van der Waals surface area (Å²) in [6, 6.07) is -0.0902. The van der Waals surface area contributed by atoms with Gasteiger partial charge in [-0.2, -0.15) is 0 Å². The van der Waals surface area contributed by atoms with Crippen molar-refractivity contribution in [1.29, 1.82) is 0 Å². The minimum absolute atomic E-state index is 0.0262. The Balaban J connectivity index is 1.46. The molecule has 1 aromatic rings. The Morgan fingerprint density at radius 3 is 2.96 bits per heavy atom. The molecular weight excluding hydrogens is 382 g/mol. The second kappa shape index (κ2) is 7.58. The SMILES string of the molecule is CC/C=C(\C)C(=O)N1CCC(N2C(=O)O[C@H]3CN(c4ncncc4Cl)C[C@H]32)C1. The van der Waals surface area contributed by atoms with Gasteiger partial charge in [-0.25, -0.2) is 14.8 Å². The Morgan fingerprint density at radius 2 is 2.21 bits per heavy atom. The van der Waals surface area contributed by atoms with Crippen LogP contribution < -0.4 is 4.90 Å². The maximum absolute atomic E-state index is 12.6. The van der Waals surface area contributed by atoms with E-state index in [2.05, 4.69) is 9.97 Å². The normalized spacial score (nSPS) is 27.4. The van der Waals surface area contributed by atoms with Gasteiger partial charge in [0.1, 0.15) is 17.5 Å². The third-order valence-corrected chi connectivity index (χ3v) is 5.96. The van der Waals surface area contributed by atoms with Gasteiger partial charge in [-0.3, -0.25) is 9.69 Å². The van der Waals surface area contributed by atoms with Crippen LogP contribution in [0.1, 0.15) is 26.7 Å². The highest BCUT2D eigenvalue weighted by Crippen LogP contribution is 2.35. The molecule has 3 saturated heterocycles. The topological polar surface area (TPSA) is 78.9 Å². The van der Waals surface area contributed by atoms with Gasteiger partial charge in [0.25, 0.3) is 0 Å². The predicted octanol–water partition coefficient (Wildman–Crippen LogP) is 2.10. The fraction of sp³-hybridized carbons (Fsp3) is 0.579. The number of aromatic nitrogens is 2. The molecule has 4 rings (SSSR count). The van der Waals surface area contributed by atoms with Crippen LogP contribution in [0.2, 0.25) is 5.02 Å². The van der Waals surface area contributed by atoms with Crippen LogP contribution >= 0.6 is 11.6 Å². The Kier molecular flexibility index (Phi) is 5.14. The molecule has 8 nitrogen and oxygen atoms in total. The molecule has 0 spiro atoms. The first-order chi connectivity index (χ1) is 13.5. The van der Waals surface area contributed by atoms with Crippen molar-refractivity contribution in [3.8, 4) is 0 Å². The summed E-state index contributed by atoms with van der Waals surface area (Å²) >= 11 is 6.22. The minimum atomic E-state index is -0.288. The number of carbonyl (C=O) groups excluding carboxylic acids is 2. The van der Waals surface area contributed by atoms with Crippen LogP contribution in [0.3, 0.4) is 0 Å². The maximum Gasteiger partial charge on any atom is 0.410 e. The summed E-state index contributed by atoms with van der Waals surface area (Å²) in [6.45, 7) is 6.21. The number of halogens is 1. The molecule has 4 heterocycles. The Bertz CT molecular complexity index is 817. The number of carbonyl (C=O) groups is 2. The van der Waals surface area contributed by atoms with E-state index in [0.29, 0.717) is 37.0 Å². The molecule has 3 atom stereocenters. The first-order valence-corrected chi connectivity index (χ1v) is 10.0. The summed E-state index contributed by atoms with van der Waals surface area (Å²) < 4.78 is 5.63. The van der Waals surface area contributed by atoms with Gasteiger partial charge >= 0.3 is 6.09 Å². The summed E-state index contributed by atoms with van der Waals surface area (Å²) in [7, 11) is 0. The van der Waals surface area contributed by atoms with Gasteiger partial charge in [0.05, 0.1) is 24.8 Å². The number of hydrogen-bond acceptors (Lipinski definition) is 6. The van der Waals surface area contributed by atoms with Gasteiger partial charge in [0, 0.05) is 25.2 Å². The predicted molar refractivity (Wildman–Crippen MR) is 104 cm³/mol. The van der Waals surface area contributed by atoms with Crippen molar-refractivity contribution in [2.75, 3.05) is 31.1 Å².